The maximum Gasteiger partial charge on any atom is 0.216 e. The fourth-order valence-electron chi connectivity index (χ4n) is 1.55. The molecule has 4 nitrogen and oxygen atoms in total. The molecule has 0 fully saturated rings. The van der Waals surface area contributed by atoms with E-state index in [0.717, 1.165) is 19.4 Å². The van der Waals surface area contributed by atoms with Crippen molar-refractivity contribution >= 4 is 55.6 Å². The molecule has 0 radical (unpaired) electrons. The number of aromatic nitrogens is 3. The normalized spacial score (nSPS) is 11.1. The Labute approximate surface area is 130 Å². The number of nitrogens with zero attached hydrogens (tertiary/aromatic N) is 3. The van der Waals surface area contributed by atoms with Gasteiger partial charge in [0.25, 0.3) is 0 Å². The van der Waals surface area contributed by atoms with E-state index in [-0.39, 0.29) is 5.82 Å². The first-order chi connectivity index (χ1) is 9.13. The first-order valence-corrected chi connectivity index (χ1v) is 7.59. The van der Waals surface area contributed by atoms with Crippen molar-refractivity contribution in [2.24, 2.45) is 0 Å². The third kappa shape index (κ3) is 2.67. The van der Waals surface area contributed by atoms with Crippen LogP contribution in [0.15, 0.2) is 24.3 Å². The van der Waals surface area contributed by atoms with E-state index < -0.39 is 0 Å². The number of anilines is 1. The summed E-state index contributed by atoms with van der Waals surface area (Å²) in [5.74, 6) is -0.238. The van der Waals surface area contributed by atoms with Crippen LogP contribution in [0, 0.1) is 9.52 Å². The standard InChI is InChI=1S/C11H7ClFIN4S/c12-8-9(14)16-11-18(8)17-10(19-11)15-5-6-1-3-7(13)4-2-6/h1-4H,5H2,(H,15,17). The maximum absolute atomic E-state index is 12.8. The highest BCUT2D eigenvalue weighted by molar-refractivity contribution is 14.1. The van der Waals surface area contributed by atoms with Gasteiger partial charge in [-0.1, -0.05) is 35.1 Å². The number of hydrogen-bond donors (Lipinski definition) is 1. The van der Waals surface area contributed by atoms with Gasteiger partial charge in [-0.2, -0.15) is 4.52 Å². The summed E-state index contributed by atoms with van der Waals surface area (Å²) in [5.41, 5.74) is 0.981. The Morgan fingerprint density at radius 1 is 1.37 bits per heavy atom. The second-order valence-electron chi connectivity index (χ2n) is 3.78. The lowest BCUT2D eigenvalue weighted by atomic mass is 10.2. The predicted octanol–water partition coefficient (Wildman–Crippen LogP) is 3.80. The SMILES string of the molecule is Fc1ccc(CNc2nn3c(Cl)c(I)nc3s2)cc1. The molecule has 0 bridgehead atoms. The van der Waals surface area contributed by atoms with Crippen molar-refractivity contribution in [1.29, 1.82) is 0 Å². The van der Waals surface area contributed by atoms with Crippen LogP contribution in [0.5, 0.6) is 0 Å². The van der Waals surface area contributed by atoms with Gasteiger partial charge < -0.3 is 5.32 Å². The summed E-state index contributed by atoms with van der Waals surface area (Å²) >= 11 is 9.54. The molecule has 1 N–H and O–H groups in total. The van der Waals surface area contributed by atoms with Crippen LogP contribution >= 0.6 is 45.5 Å². The van der Waals surface area contributed by atoms with Crippen LogP contribution in [0.2, 0.25) is 5.15 Å². The first-order valence-electron chi connectivity index (χ1n) is 5.32. The second-order valence-corrected chi connectivity index (χ2v) is 6.11. The third-order valence-corrected chi connectivity index (χ3v) is 4.74. The lowest BCUT2D eigenvalue weighted by Crippen LogP contribution is -1.99. The molecule has 2 aromatic heterocycles. The highest BCUT2D eigenvalue weighted by atomic mass is 127. The Hall–Kier alpha value is -0.930. The topological polar surface area (TPSA) is 42.2 Å². The summed E-state index contributed by atoms with van der Waals surface area (Å²) in [6, 6.07) is 6.34. The zero-order valence-electron chi connectivity index (χ0n) is 9.40. The Morgan fingerprint density at radius 2 is 2.11 bits per heavy atom. The Kier molecular flexibility index (Phi) is 3.59. The quantitative estimate of drug-likeness (QED) is 0.670. The summed E-state index contributed by atoms with van der Waals surface area (Å²) in [6.07, 6.45) is 0. The zero-order chi connectivity index (χ0) is 13.4. The molecule has 0 amide bonds. The molecule has 3 aromatic rings. The van der Waals surface area contributed by atoms with Crippen LogP contribution in [-0.2, 0) is 6.54 Å². The molecule has 19 heavy (non-hydrogen) atoms. The van der Waals surface area contributed by atoms with E-state index >= 15 is 0 Å². The molecular formula is C11H7ClFIN4S. The van der Waals surface area contributed by atoms with Crippen molar-refractivity contribution in [3.8, 4) is 0 Å². The van der Waals surface area contributed by atoms with Gasteiger partial charge in [-0.05, 0) is 40.3 Å². The minimum Gasteiger partial charge on any atom is -0.356 e. The lowest BCUT2D eigenvalue weighted by Gasteiger charge is -2.01. The van der Waals surface area contributed by atoms with Crippen molar-refractivity contribution in [1.82, 2.24) is 14.6 Å². The molecular weight excluding hydrogens is 402 g/mol. The summed E-state index contributed by atoms with van der Waals surface area (Å²) in [5, 5.41) is 8.72. The van der Waals surface area contributed by atoms with Crippen molar-refractivity contribution in [2.75, 3.05) is 5.32 Å². The van der Waals surface area contributed by atoms with E-state index in [1.165, 1.54) is 23.5 Å². The van der Waals surface area contributed by atoms with E-state index in [9.17, 15) is 4.39 Å². The van der Waals surface area contributed by atoms with Crippen molar-refractivity contribution < 1.29 is 4.39 Å². The van der Waals surface area contributed by atoms with E-state index in [0.29, 0.717) is 11.7 Å². The molecule has 8 heteroatoms. The minimum atomic E-state index is -0.238. The van der Waals surface area contributed by atoms with E-state index in [1.54, 1.807) is 16.6 Å². The number of fused-ring (bicyclic) bond motifs is 1. The molecule has 1 aromatic carbocycles. The Balaban J connectivity index is 1.76. The smallest absolute Gasteiger partial charge is 0.216 e. The van der Waals surface area contributed by atoms with Gasteiger partial charge in [-0.15, -0.1) is 5.10 Å². The van der Waals surface area contributed by atoms with Gasteiger partial charge in [-0.3, -0.25) is 0 Å². The number of hydrogen-bond acceptors (Lipinski definition) is 4. The molecule has 0 saturated heterocycles. The molecule has 0 spiro atoms. The highest BCUT2D eigenvalue weighted by Crippen LogP contribution is 2.26. The number of halogens is 3. The zero-order valence-corrected chi connectivity index (χ0v) is 13.1. The number of benzene rings is 1. The van der Waals surface area contributed by atoms with Crippen molar-refractivity contribution in [3.63, 3.8) is 0 Å². The van der Waals surface area contributed by atoms with Crippen LogP contribution < -0.4 is 5.32 Å². The average molecular weight is 409 g/mol. The monoisotopic (exact) mass is 408 g/mol. The highest BCUT2D eigenvalue weighted by Gasteiger charge is 2.12. The molecule has 0 aliphatic carbocycles. The number of nitrogens with one attached hydrogen (secondary N) is 1. The largest absolute Gasteiger partial charge is 0.356 e. The number of rotatable bonds is 3. The lowest BCUT2D eigenvalue weighted by molar-refractivity contribution is 0.627. The van der Waals surface area contributed by atoms with Gasteiger partial charge in [0.15, 0.2) is 5.15 Å². The Bertz CT molecular complexity index is 724. The van der Waals surface area contributed by atoms with Gasteiger partial charge in [0.1, 0.15) is 9.52 Å². The van der Waals surface area contributed by atoms with Crippen LogP contribution in [0.4, 0.5) is 9.52 Å². The van der Waals surface area contributed by atoms with E-state index in [2.05, 4.69) is 38.0 Å². The molecule has 0 unspecified atom stereocenters. The van der Waals surface area contributed by atoms with Gasteiger partial charge in [0, 0.05) is 6.54 Å². The fourth-order valence-corrected chi connectivity index (χ4v) is 3.18. The summed E-state index contributed by atoms with van der Waals surface area (Å²) < 4.78 is 15.1. The summed E-state index contributed by atoms with van der Waals surface area (Å²) in [4.78, 5) is 5.03. The molecule has 0 aliphatic heterocycles. The predicted molar refractivity (Wildman–Crippen MR) is 82.3 cm³/mol. The molecule has 0 saturated carbocycles. The molecule has 0 aliphatic rings. The minimum absolute atomic E-state index is 0.238. The second kappa shape index (κ2) is 5.22. The molecule has 98 valence electrons. The molecule has 3 rings (SSSR count). The van der Waals surface area contributed by atoms with Crippen LogP contribution in [0.1, 0.15) is 5.56 Å². The van der Waals surface area contributed by atoms with Crippen molar-refractivity contribution in [3.05, 3.63) is 44.5 Å². The van der Waals surface area contributed by atoms with Crippen molar-refractivity contribution in [2.45, 2.75) is 6.54 Å². The maximum atomic E-state index is 12.8. The first kappa shape index (κ1) is 13.1. The van der Waals surface area contributed by atoms with Crippen LogP contribution in [0.3, 0.4) is 0 Å². The number of imidazole rings is 1. The van der Waals surface area contributed by atoms with E-state index in [4.69, 9.17) is 11.6 Å². The average Bonchev–Trinajstić information content (AvgIpc) is 2.90. The van der Waals surface area contributed by atoms with Crippen LogP contribution in [0.25, 0.3) is 4.96 Å². The Morgan fingerprint density at radius 3 is 2.79 bits per heavy atom. The van der Waals surface area contributed by atoms with Gasteiger partial charge in [-0.25, -0.2) is 9.37 Å². The van der Waals surface area contributed by atoms with Gasteiger partial charge >= 0.3 is 0 Å². The molecule has 0 atom stereocenters. The molecule has 2 heterocycles. The van der Waals surface area contributed by atoms with Gasteiger partial charge in [0.05, 0.1) is 0 Å². The fraction of sp³-hybridized carbons (Fsp3) is 0.0909. The summed E-state index contributed by atoms with van der Waals surface area (Å²) in [6.45, 7) is 0.575. The summed E-state index contributed by atoms with van der Waals surface area (Å²) in [7, 11) is 0. The van der Waals surface area contributed by atoms with Gasteiger partial charge in [0.2, 0.25) is 10.1 Å². The van der Waals surface area contributed by atoms with Crippen LogP contribution in [-0.4, -0.2) is 14.6 Å². The van der Waals surface area contributed by atoms with E-state index in [1.807, 2.05) is 0 Å². The third-order valence-electron chi connectivity index (χ3n) is 2.47.